The maximum Gasteiger partial charge on any atom is 0.242 e. The van der Waals surface area contributed by atoms with E-state index in [9.17, 15) is 13.2 Å². The van der Waals surface area contributed by atoms with Crippen molar-refractivity contribution in [1.29, 1.82) is 0 Å². The molecule has 3 rings (SSSR count). The highest BCUT2D eigenvalue weighted by Gasteiger charge is 2.25. The molecule has 164 valence electrons. The number of nitrogens with one attached hydrogen (secondary N) is 2. The predicted octanol–water partition coefficient (Wildman–Crippen LogP) is 3.53. The third kappa shape index (κ3) is 5.96. The van der Waals surface area contributed by atoms with Crippen LogP contribution in [0, 0.1) is 13.8 Å². The molecule has 7 nitrogen and oxygen atoms in total. The van der Waals surface area contributed by atoms with E-state index in [-0.39, 0.29) is 4.90 Å². The number of amides is 1. The number of hydrogen-bond acceptors (Lipinski definition) is 5. The monoisotopic (exact) mass is 458 g/mol. The molecule has 0 bridgehead atoms. The van der Waals surface area contributed by atoms with Gasteiger partial charge in [0.05, 0.1) is 16.3 Å². The van der Waals surface area contributed by atoms with Gasteiger partial charge in [0.15, 0.2) is 0 Å². The van der Waals surface area contributed by atoms with Crippen molar-refractivity contribution in [3.63, 3.8) is 0 Å². The molecule has 0 aliphatic carbocycles. The highest BCUT2D eigenvalue weighted by atomic mass is 32.2. The fourth-order valence-corrected chi connectivity index (χ4v) is 4.89. The van der Waals surface area contributed by atoms with Gasteiger partial charge >= 0.3 is 0 Å². The van der Waals surface area contributed by atoms with Gasteiger partial charge in [0.2, 0.25) is 15.9 Å². The van der Waals surface area contributed by atoms with Crippen LogP contribution in [0.15, 0.2) is 65.6 Å². The predicted molar refractivity (Wildman–Crippen MR) is 125 cm³/mol. The topological polar surface area (TPSA) is 93.1 Å². The summed E-state index contributed by atoms with van der Waals surface area (Å²) in [7, 11) is -3.82. The molecule has 1 heterocycles. The summed E-state index contributed by atoms with van der Waals surface area (Å²) in [6, 6.07) is 16.4. The molecule has 1 atom stereocenters. The van der Waals surface area contributed by atoms with Gasteiger partial charge in [-0.1, -0.05) is 24.3 Å². The van der Waals surface area contributed by atoms with Crippen molar-refractivity contribution in [2.24, 2.45) is 0 Å². The normalized spacial score (nSPS) is 12.5. The summed E-state index contributed by atoms with van der Waals surface area (Å²) in [5.74, 6) is 0.236. The van der Waals surface area contributed by atoms with E-state index in [4.69, 9.17) is 0 Å². The van der Waals surface area contributed by atoms with Crippen LogP contribution in [0.3, 0.4) is 0 Å². The van der Waals surface area contributed by atoms with E-state index in [1.807, 2.05) is 44.4 Å². The van der Waals surface area contributed by atoms with Crippen LogP contribution in [0.2, 0.25) is 0 Å². The molecule has 3 aromatic rings. The zero-order chi connectivity index (χ0) is 22.4. The number of nitrogens with zero attached hydrogens (tertiary/aromatic N) is 2. The van der Waals surface area contributed by atoms with Crippen molar-refractivity contribution >= 4 is 33.4 Å². The Labute approximate surface area is 187 Å². The van der Waals surface area contributed by atoms with Gasteiger partial charge in [0.1, 0.15) is 6.04 Å². The molecular weight excluding hydrogens is 432 g/mol. The third-order valence-electron chi connectivity index (χ3n) is 4.65. The van der Waals surface area contributed by atoms with E-state index in [1.165, 1.54) is 12.1 Å². The smallest absolute Gasteiger partial charge is 0.242 e. The zero-order valence-electron chi connectivity index (χ0n) is 17.7. The minimum atomic E-state index is -3.82. The van der Waals surface area contributed by atoms with Crippen molar-refractivity contribution in [2.75, 3.05) is 17.3 Å². The van der Waals surface area contributed by atoms with Gasteiger partial charge < -0.3 is 5.32 Å². The molecule has 0 aliphatic rings. The number of sulfonamides is 1. The zero-order valence-corrected chi connectivity index (χ0v) is 19.3. The molecule has 1 unspecified atom stereocenters. The summed E-state index contributed by atoms with van der Waals surface area (Å²) in [4.78, 5) is 13.1. The Kier molecular flexibility index (Phi) is 7.53. The number of carbonyl (C=O) groups is 1. The van der Waals surface area contributed by atoms with Gasteiger partial charge in [-0.3, -0.25) is 4.79 Å². The quantitative estimate of drug-likeness (QED) is 0.512. The van der Waals surface area contributed by atoms with E-state index in [0.29, 0.717) is 17.9 Å². The molecule has 0 saturated carbocycles. The van der Waals surface area contributed by atoms with Gasteiger partial charge in [-0.2, -0.15) is 21.6 Å². The van der Waals surface area contributed by atoms with Crippen LogP contribution >= 0.6 is 11.8 Å². The number of hydrogen-bond donors (Lipinski definition) is 2. The fraction of sp³-hybridized carbons (Fsp3) is 0.273. The number of carbonyl (C=O) groups excluding carboxylic acids is 1. The molecule has 0 aliphatic heterocycles. The van der Waals surface area contributed by atoms with Crippen LogP contribution in [-0.2, 0) is 14.8 Å². The first-order valence-electron chi connectivity index (χ1n) is 9.81. The highest BCUT2D eigenvalue weighted by Crippen LogP contribution is 2.18. The Morgan fingerprint density at radius 1 is 1.10 bits per heavy atom. The molecule has 0 radical (unpaired) electrons. The Morgan fingerprint density at radius 2 is 1.84 bits per heavy atom. The molecule has 1 aromatic heterocycles. The van der Waals surface area contributed by atoms with Gasteiger partial charge in [-0.15, -0.1) is 0 Å². The maximum absolute atomic E-state index is 13.0. The average Bonchev–Trinajstić information content (AvgIpc) is 3.09. The Balaban J connectivity index is 1.79. The number of aryl methyl sites for hydroxylation is 2. The summed E-state index contributed by atoms with van der Waals surface area (Å²) in [6.45, 7) is 3.88. The molecular formula is C22H26N4O3S2. The lowest BCUT2D eigenvalue weighted by Crippen LogP contribution is -2.44. The Hall–Kier alpha value is -2.62. The number of rotatable bonds is 9. The van der Waals surface area contributed by atoms with Crippen LogP contribution < -0.4 is 10.0 Å². The minimum absolute atomic E-state index is 0.128. The second-order valence-corrected chi connectivity index (χ2v) is 9.85. The molecule has 2 aromatic carbocycles. The van der Waals surface area contributed by atoms with Crippen LogP contribution in [-0.4, -0.2) is 42.2 Å². The molecule has 0 spiro atoms. The second kappa shape index (κ2) is 10.1. The number of anilines is 1. The Morgan fingerprint density at radius 3 is 2.48 bits per heavy atom. The van der Waals surface area contributed by atoms with Gasteiger partial charge in [-0.05, 0) is 68.7 Å². The summed E-state index contributed by atoms with van der Waals surface area (Å²) in [6.07, 6.45) is 2.29. The SMILES string of the molecule is CSCCC(NS(=O)(=O)c1ccccc1)C(=O)Nc1cccc(-n2nc(C)cc2C)c1. The fourth-order valence-electron chi connectivity index (χ4n) is 3.17. The van der Waals surface area contributed by atoms with Crippen LogP contribution in [0.4, 0.5) is 5.69 Å². The van der Waals surface area contributed by atoms with E-state index < -0.39 is 22.0 Å². The second-order valence-electron chi connectivity index (χ2n) is 7.15. The van der Waals surface area contributed by atoms with Crippen molar-refractivity contribution in [3.05, 3.63) is 72.1 Å². The Bertz CT molecular complexity index is 1140. The lowest BCUT2D eigenvalue weighted by atomic mass is 10.2. The van der Waals surface area contributed by atoms with Gasteiger partial charge in [0, 0.05) is 11.4 Å². The summed E-state index contributed by atoms with van der Waals surface area (Å²) in [5.41, 5.74) is 3.27. The van der Waals surface area contributed by atoms with Crippen molar-refractivity contribution < 1.29 is 13.2 Å². The summed E-state index contributed by atoms with van der Waals surface area (Å²) in [5, 5.41) is 7.31. The molecule has 1 amide bonds. The average molecular weight is 459 g/mol. The van der Waals surface area contributed by atoms with Gasteiger partial charge in [-0.25, -0.2) is 13.1 Å². The largest absolute Gasteiger partial charge is 0.325 e. The third-order valence-corrected chi connectivity index (χ3v) is 6.78. The molecule has 31 heavy (non-hydrogen) atoms. The van der Waals surface area contributed by atoms with Crippen molar-refractivity contribution in [3.8, 4) is 5.69 Å². The lowest BCUT2D eigenvalue weighted by molar-refractivity contribution is -0.117. The number of thioether (sulfide) groups is 1. The first-order valence-corrected chi connectivity index (χ1v) is 12.7. The van der Waals surface area contributed by atoms with E-state index >= 15 is 0 Å². The van der Waals surface area contributed by atoms with Crippen molar-refractivity contribution in [1.82, 2.24) is 14.5 Å². The van der Waals surface area contributed by atoms with E-state index in [2.05, 4.69) is 15.1 Å². The lowest BCUT2D eigenvalue weighted by Gasteiger charge is -2.18. The van der Waals surface area contributed by atoms with E-state index in [0.717, 1.165) is 17.1 Å². The molecule has 9 heteroatoms. The summed E-state index contributed by atoms with van der Waals surface area (Å²) < 4.78 is 29.8. The molecule has 0 saturated heterocycles. The van der Waals surface area contributed by atoms with Crippen LogP contribution in [0.25, 0.3) is 5.69 Å². The van der Waals surface area contributed by atoms with E-state index in [1.54, 1.807) is 40.7 Å². The molecule has 0 fully saturated rings. The highest BCUT2D eigenvalue weighted by molar-refractivity contribution is 7.98. The minimum Gasteiger partial charge on any atom is -0.325 e. The first kappa shape index (κ1) is 23.1. The van der Waals surface area contributed by atoms with Crippen LogP contribution in [0.5, 0.6) is 0 Å². The summed E-state index contributed by atoms with van der Waals surface area (Å²) >= 11 is 1.55. The first-order chi connectivity index (χ1) is 14.8. The number of benzene rings is 2. The van der Waals surface area contributed by atoms with Crippen molar-refractivity contribution in [2.45, 2.75) is 31.2 Å². The van der Waals surface area contributed by atoms with Crippen LogP contribution in [0.1, 0.15) is 17.8 Å². The maximum atomic E-state index is 13.0. The number of aromatic nitrogens is 2. The standard InChI is InChI=1S/C22H26N4O3S2/c1-16-14-17(2)26(24-16)19-9-7-8-18(15-19)23-22(27)21(12-13-30-3)25-31(28,29)20-10-5-4-6-11-20/h4-11,14-15,21,25H,12-13H2,1-3H3,(H,23,27). The molecule has 2 N–H and O–H groups in total. The van der Waals surface area contributed by atoms with Gasteiger partial charge in [0.25, 0.3) is 0 Å².